The van der Waals surface area contributed by atoms with E-state index < -0.39 is 5.82 Å². The lowest BCUT2D eigenvalue weighted by molar-refractivity contribution is 0.579. The van der Waals surface area contributed by atoms with Gasteiger partial charge >= 0.3 is 0 Å². The van der Waals surface area contributed by atoms with E-state index in [0.717, 1.165) is 12.8 Å². The van der Waals surface area contributed by atoms with Crippen molar-refractivity contribution in [1.82, 2.24) is 0 Å². The van der Waals surface area contributed by atoms with Crippen LogP contribution in [-0.2, 0) is 0 Å². The maximum atomic E-state index is 13.2. The topological polar surface area (TPSA) is 0 Å². The Morgan fingerprint density at radius 3 is 2.30 bits per heavy atom. The molecule has 2 heteroatoms. The summed E-state index contributed by atoms with van der Waals surface area (Å²) in [6.45, 7) is 2.24. The third-order valence-electron chi connectivity index (χ3n) is 3.31. The van der Waals surface area contributed by atoms with Gasteiger partial charge in [-0.1, -0.05) is 75.3 Å². The SMILES string of the molecule is CCCCCCCCCCC#Cc1ccc(Cl)c(F)c1. The van der Waals surface area contributed by atoms with Gasteiger partial charge in [0, 0.05) is 12.0 Å². The minimum atomic E-state index is -0.398. The van der Waals surface area contributed by atoms with E-state index in [1.807, 2.05) is 0 Å². The largest absolute Gasteiger partial charge is 0.205 e. The molecule has 0 saturated heterocycles. The fourth-order valence-corrected chi connectivity index (χ4v) is 2.20. The van der Waals surface area contributed by atoms with Gasteiger partial charge in [-0.2, -0.15) is 0 Å². The summed E-state index contributed by atoms with van der Waals surface area (Å²) in [5.41, 5.74) is 0.700. The van der Waals surface area contributed by atoms with E-state index in [1.54, 1.807) is 12.1 Å². The Morgan fingerprint density at radius 2 is 1.65 bits per heavy atom. The van der Waals surface area contributed by atoms with Gasteiger partial charge in [0.25, 0.3) is 0 Å². The minimum Gasteiger partial charge on any atom is -0.205 e. The number of benzene rings is 1. The van der Waals surface area contributed by atoms with Crippen LogP contribution in [0.5, 0.6) is 0 Å². The molecule has 1 rings (SSSR count). The first-order valence-electron chi connectivity index (χ1n) is 7.68. The highest BCUT2D eigenvalue weighted by molar-refractivity contribution is 6.30. The molecule has 0 N–H and O–H groups in total. The normalized spacial score (nSPS) is 10.2. The molecule has 1 aromatic rings. The van der Waals surface area contributed by atoms with E-state index in [2.05, 4.69) is 18.8 Å². The van der Waals surface area contributed by atoms with Gasteiger partial charge in [0.1, 0.15) is 5.82 Å². The Bertz CT molecular complexity index is 442. The summed E-state index contributed by atoms with van der Waals surface area (Å²) in [6.07, 6.45) is 11.3. The molecule has 0 bridgehead atoms. The Balaban J connectivity index is 2.09. The van der Waals surface area contributed by atoms with Gasteiger partial charge in [0.15, 0.2) is 0 Å². The van der Waals surface area contributed by atoms with E-state index in [9.17, 15) is 4.39 Å². The number of hydrogen-bond acceptors (Lipinski definition) is 0. The molecule has 0 radical (unpaired) electrons. The first-order chi connectivity index (χ1) is 9.74. The van der Waals surface area contributed by atoms with Crippen LogP contribution in [0.15, 0.2) is 18.2 Å². The van der Waals surface area contributed by atoms with E-state index in [-0.39, 0.29) is 5.02 Å². The molecule has 110 valence electrons. The van der Waals surface area contributed by atoms with E-state index in [4.69, 9.17) is 11.6 Å². The smallest absolute Gasteiger partial charge is 0.143 e. The van der Waals surface area contributed by atoms with Crippen LogP contribution in [0.2, 0.25) is 5.02 Å². The monoisotopic (exact) mass is 294 g/mol. The lowest BCUT2D eigenvalue weighted by Crippen LogP contribution is -1.81. The summed E-state index contributed by atoms with van der Waals surface area (Å²) in [5.74, 6) is 5.69. The molecule has 0 aromatic heterocycles. The van der Waals surface area contributed by atoms with Gasteiger partial charge in [0.2, 0.25) is 0 Å². The van der Waals surface area contributed by atoms with E-state index in [1.165, 1.54) is 51.0 Å². The zero-order valence-corrected chi connectivity index (χ0v) is 13.1. The molecule has 0 saturated carbocycles. The van der Waals surface area contributed by atoms with Gasteiger partial charge in [0.05, 0.1) is 5.02 Å². The van der Waals surface area contributed by atoms with Crippen LogP contribution < -0.4 is 0 Å². The second-order valence-electron chi connectivity index (χ2n) is 5.16. The molecule has 0 heterocycles. The molecule has 0 aliphatic rings. The standard InChI is InChI=1S/C18H24ClF/c1-2-3-4-5-6-7-8-9-10-11-12-16-13-14-17(19)18(20)15-16/h13-15H,2-10H2,1H3. The van der Waals surface area contributed by atoms with Crippen LogP contribution in [0.3, 0.4) is 0 Å². The maximum Gasteiger partial charge on any atom is 0.143 e. The lowest BCUT2D eigenvalue weighted by atomic mass is 10.1. The van der Waals surface area contributed by atoms with Crippen molar-refractivity contribution in [3.63, 3.8) is 0 Å². The average molecular weight is 295 g/mol. The minimum absolute atomic E-state index is 0.152. The average Bonchev–Trinajstić information content (AvgIpc) is 2.45. The zero-order valence-electron chi connectivity index (χ0n) is 12.4. The highest BCUT2D eigenvalue weighted by atomic mass is 35.5. The molecule has 20 heavy (non-hydrogen) atoms. The van der Waals surface area contributed by atoms with Crippen LogP contribution >= 0.6 is 11.6 Å². The summed E-state index contributed by atoms with van der Waals surface area (Å²) in [4.78, 5) is 0. The Morgan fingerprint density at radius 1 is 1.00 bits per heavy atom. The maximum absolute atomic E-state index is 13.2. The summed E-state index contributed by atoms with van der Waals surface area (Å²) < 4.78 is 13.2. The number of unbranched alkanes of at least 4 members (excludes halogenated alkanes) is 8. The lowest BCUT2D eigenvalue weighted by Gasteiger charge is -1.99. The van der Waals surface area contributed by atoms with Gasteiger partial charge in [-0.05, 0) is 24.6 Å². The van der Waals surface area contributed by atoms with Crippen LogP contribution in [-0.4, -0.2) is 0 Å². The second kappa shape index (κ2) is 10.7. The molecule has 0 aliphatic carbocycles. The molecule has 0 nitrogen and oxygen atoms in total. The van der Waals surface area contributed by atoms with Crippen molar-refractivity contribution in [3.05, 3.63) is 34.6 Å². The van der Waals surface area contributed by atoms with Crippen molar-refractivity contribution in [2.45, 2.75) is 64.7 Å². The predicted molar refractivity (Wildman–Crippen MR) is 85.5 cm³/mol. The van der Waals surface area contributed by atoms with Crippen molar-refractivity contribution in [2.24, 2.45) is 0 Å². The molecule has 0 aliphatic heterocycles. The third kappa shape index (κ3) is 7.56. The summed E-state index contributed by atoms with van der Waals surface area (Å²) in [6, 6.07) is 4.70. The van der Waals surface area contributed by atoms with Gasteiger partial charge in [-0.15, -0.1) is 0 Å². The number of halogens is 2. The van der Waals surface area contributed by atoms with Crippen molar-refractivity contribution in [2.75, 3.05) is 0 Å². The Labute approximate surface area is 127 Å². The summed E-state index contributed by atoms with van der Waals surface area (Å²) in [7, 11) is 0. The van der Waals surface area contributed by atoms with Gasteiger partial charge in [-0.3, -0.25) is 0 Å². The first-order valence-corrected chi connectivity index (χ1v) is 8.05. The molecular formula is C18H24ClF. The molecule has 0 unspecified atom stereocenters. The Kier molecular flexibility index (Phi) is 9.16. The molecular weight excluding hydrogens is 271 g/mol. The van der Waals surface area contributed by atoms with Crippen LogP contribution in [0.4, 0.5) is 4.39 Å². The number of rotatable bonds is 8. The fraction of sp³-hybridized carbons (Fsp3) is 0.556. The summed E-state index contributed by atoms with van der Waals surface area (Å²) in [5, 5.41) is 0.152. The highest BCUT2D eigenvalue weighted by Gasteiger charge is 1.98. The first kappa shape index (κ1) is 17.1. The Hall–Kier alpha value is -1.00. The van der Waals surface area contributed by atoms with Crippen molar-refractivity contribution in [3.8, 4) is 11.8 Å². The van der Waals surface area contributed by atoms with Crippen LogP contribution in [0, 0.1) is 17.7 Å². The second-order valence-corrected chi connectivity index (χ2v) is 5.56. The highest BCUT2D eigenvalue weighted by Crippen LogP contribution is 2.15. The van der Waals surface area contributed by atoms with Crippen molar-refractivity contribution >= 4 is 11.6 Å². The van der Waals surface area contributed by atoms with Crippen molar-refractivity contribution in [1.29, 1.82) is 0 Å². The molecule has 0 atom stereocenters. The van der Waals surface area contributed by atoms with Gasteiger partial charge < -0.3 is 0 Å². The van der Waals surface area contributed by atoms with Crippen LogP contribution in [0.1, 0.15) is 70.3 Å². The zero-order chi connectivity index (χ0) is 14.6. The third-order valence-corrected chi connectivity index (χ3v) is 3.61. The fourth-order valence-electron chi connectivity index (χ4n) is 2.09. The van der Waals surface area contributed by atoms with E-state index >= 15 is 0 Å². The molecule has 0 amide bonds. The van der Waals surface area contributed by atoms with Crippen molar-refractivity contribution < 1.29 is 4.39 Å². The molecule has 0 spiro atoms. The van der Waals surface area contributed by atoms with E-state index in [0.29, 0.717) is 5.56 Å². The quantitative estimate of drug-likeness (QED) is 0.386. The molecule has 0 fully saturated rings. The summed E-state index contributed by atoms with van der Waals surface area (Å²) >= 11 is 5.62. The molecule has 1 aromatic carbocycles. The van der Waals surface area contributed by atoms with Gasteiger partial charge in [-0.25, -0.2) is 4.39 Å². The number of hydrogen-bond donors (Lipinski definition) is 0. The van der Waals surface area contributed by atoms with Crippen LogP contribution in [0.25, 0.3) is 0 Å². The predicted octanol–water partition coefficient (Wildman–Crippen LogP) is 6.36.